The maximum absolute atomic E-state index is 13.1. The van der Waals surface area contributed by atoms with Crippen LogP contribution in [0, 0.1) is 0 Å². The molecule has 0 aromatic heterocycles. The summed E-state index contributed by atoms with van der Waals surface area (Å²) in [6.45, 7) is 6.89. The second-order valence-corrected chi connectivity index (χ2v) is 9.55. The van der Waals surface area contributed by atoms with Gasteiger partial charge in [0, 0.05) is 17.3 Å². The van der Waals surface area contributed by atoms with Crippen molar-refractivity contribution in [2.24, 2.45) is 0 Å². The number of rotatable bonds is 11. The Bertz CT molecular complexity index is 836. The monoisotopic (exact) mass is 468 g/mol. The van der Waals surface area contributed by atoms with Crippen LogP contribution in [-0.2, 0) is 26.5 Å². The summed E-state index contributed by atoms with van der Waals surface area (Å²) in [6.07, 6.45) is 1.77. The summed E-state index contributed by atoms with van der Waals surface area (Å²) in [7, 11) is -3.30. The van der Waals surface area contributed by atoms with Crippen LogP contribution in [0.5, 0.6) is 0 Å². The molecule has 5 nitrogen and oxygen atoms in total. The molecule has 0 saturated heterocycles. The fourth-order valence-corrected chi connectivity index (χ4v) is 5.12. The summed E-state index contributed by atoms with van der Waals surface area (Å²) in [5.41, 5.74) is 3.25. The molecule has 0 atom stereocenters. The van der Waals surface area contributed by atoms with Gasteiger partial charge in [-0.1, -0.05) is 42.8 Å². The molecular formula is C22H30ClN2O3PS. The fraction of sp³-hybridized carbons (Fsp3) is 0.409. The molecule has 0 heterocycles. The number of benzene rings is 2. The number of hydrogen-bond donors (Lipinski definition) is 1. The van der Waals surface area contributed by atoms with Gasteiger partial charge in [-0.3, -0.25) is 4.57 Å². The number of anilines is 1. The van der Waals surface area contributed by atoms with Crippen LogP contribution in [-0.4, -0.2) is 36.1 Å². The first-order valence-corrected chi connectivity index (χ1v) is 12.7. The van der Waals surface area contributed by atoms with Gasteiger partial charge in [0.15, 0.2) is 5.11 Å². The van der Waals surface area contributed by atoms with Gasteiger partial charge in [-0.15, -0.1) is 0 Å². The second-order valence-electron chi connectivity index (χ2n) is 6.71. The summed E-state index contributed by atoms with van der Waals surface area (Å²) in [5.74, 6) is 0. The first-order valence-electron chi connectivity index (χ1n) is 10.2. The predicted molar refractivity (Wildman–Crippen MR) is 130 cm³/mol. The number of nitrogens with one attached hydrogen (secondary N) is 1. The zero-order valence-electron chi connectivity index (χ0n) is 17.8. The molecular weight excluding hydrogens is 439 g/mol. The summed E-state index contributed by atoms with van der Waals surface area (Å²) >= 11 is 11.6. The van der Waals surface area contributed by atoms with Crippen LogP contribution < -0.4 is 5.32 Å². The Morgan fingerprint density at radius 2 is 1.57 bits per heavy atom. The third-order valence-corrected chi connectivity index (χ3v) is 7.08. The number of hydrogen-bond acceptors (Lipinski definition) is 4. The van der Waals surface area contributed by atoms with E-state index in [-0.39, 0.29) is 6.29 Å². The summed E-state index contributed by atoms with van der Waals surface area (Å²) in [6, 6.07) is 15.8. The van der Waals surface area contributed by atoms with Gasteiger partial charge in [-0.05, 0) is 74.3 Å². The van der Waals surface area contributed by atoms with Crippen LogP contribution in [0.3, 0.4) is 0 Å². The van der Waals surface area contributed by atoms with Gasteiger partial charge in [-0.2, -0.15) is 0 Å². The van der Waals surface area contributed by atoms with Gasteiger partial charge >= 0.3 is 7.60 Å². The van der Waals surface area contributed by atoms with Crippen LogP contribution in [0.15, 0.2) is 48.5 Å². The van der Waals surface area contributed by atoms with E-state index < -0.39 is 7.60 Å². The first-order chi connectivity index (χ1) is 14.4. The topological polar surface area (TPSA) is 50.8 Å². The highest BCUT2D eigenvalue weighted by atomic mass is 35.5. The molecule has 8 heteroatoms. The van der Waals surface area contributed by atoms with E-state index in [1.807, 2.05) is 41.3 Å². The molecule has 30 heavy (non-hydrogen) atoms. The zero-order valence-corrected chi connectivity index (χ0v) is 20.2. The lowest BCUT2D eigenvalue weighted by molar-refractivity contribution is 0.210. The van der Waals surface area contributed by atoms with Crippen LogP contribution in [0.25, 0.3) is 0 Å². The first kappa shape index (κ1) is 24.8. The molecule has 1 N–H and O–H groups in total. The zero-order chi connectivity index (χ0) is 22.0. The molecule has 0 unspecified atom stereocenters. The van der Waals surface area contributed by atoms with Crippen molar-refractivity contribution in [2.45, 2.75) is 33.6 Å². The van der Waals surface area contributed by atoms with Gasteiger partial charge < -0.3 is 19.3 Å². The van der Waals surface area contributed by atoms with E-state index in [1.54, 1.807) is 13.8 Å². The van der Waals surface area contributed by atoms with Crippen LogP contribution in [0.2, 0.25) is 5.02 Å². The highest BCUT2D eigenvalue weighted by Gasteiger charge is 2.28. The Hall–Kier alpha value is -1.43. The number of thiocarbonyl (C=S) groups is 1. The van der Waals surface area contributed by atoms with Gasteiger partial charge in [0.25, 0.3) is 0 Å². The summed E-state index contributed by atoms with van der Waals surface area (Å²) < 4.78 is 24.1. The average Bonchev–Trinajstić information content (AvgIpc) is 2.73. The van der Waals surface area contributed by atoms with Crippen molar-refractivity contribution in [1.29, 1.82) is 0 Å². The molecule has 0 radical (unpaired) electrons. The quantitative estimate of drug-likeness (QED) is 0.305. The van der Waals surface area contributed by atoms with Crippen LogP contribution >= 0.6 is 31.4 Å². The Morgan fingerprint density at radius 1 is 1.00 bits per heavy atom. The molecule has 0 bridgehead atoms. The van der Waals surface area contributed by atoms with Gasteiger partial charge in [0.05, 0.1) is 13.2 Å². The molecule has 0 fully saturated rings. The number of nitrogens with zero attached hydrogens (tertiary/aromatic N) is 1. The normalized spacial score (nSPS) is 11.3. The van der Waals surface area contributed by atoms with Gasteiger partial charge in [-0.25, -0.2) is 0 Å². The standard InChI is InChI=1S/C22H30ClN2O3PS/c1-4-18-9-13-21(14-10-18)24-22(30)25(17-29(26,27-5-2)28-6-3)16-15-19-7-11-20(23)12-8-19/h7-14H,4-6,15-17H2,1-3H3,(H,24,30). The maximum atomic E-state index is 13.1. The minimum absolute atomic E-state index is 0.0845. The molecule has 0 spiro atoms. The number of aryl methyl sites for hydroxylation is 1. The average molecular weight is 469 g/mol. The van der Waals surface area contributed by atoms with Crippen molar-refractivity contribution in [3.05, 3.63) is 64.7 Å². The third-order valence-electron chi connectivity index (χ3n) is 4.48. The Kier molecular flexibility index (Phi) is 10.3. The van der Waals surface area contributed by atoms with Crippen molar-refractivity contribution < 1.29 is 13.6 Å². The molecule has 0 aliphatic rings. The third kappa shape index (κ3) is 8.01. The van der Waals surface area contributed by atoms with E-state index in [0.29, 0.717) is 36.3 Å². The van der Waals surface area contributed by atoms with Gasteiger partial charge in [0.2, 0.25) is 0 Å². The molecule has 0 saturated carbocycles. The smallest absolute Gasteiger partial charge is 0.337 e. The van der Waals surface area contributed by atoms with Crippen LogP contribution in [0.4, 0.5) is 5.69 Å². The SMILES string of the molecule is CCOP(=O)(CN(CCc1ccc(Cl)cc1)C(=S)Nc1ccc(CC)cc1)OCC. The van der Waals surface area contributed by atoms with Crippen molar-refractivity contribution in [3.8, 4) is 0 Å². The lowest BCUT2D eigenvalue weighted by Gasteiger charge is -2.29. The van der Waals surface area contributed by atoms with E-state index in [2.05, 4.69) is 24.4 Å². The van der Waals surface area contributed by atoms with Gasteiger partial charge in [0.1, 0.15) is 6.29 Å². The van der Waals surface area contributed by atoms with E-state index in [4.69, 9.17) is 32.9 Å². The van der Waals surface area contributed by atoms with E-state index in [1.165, 1.54) is 5.56 Å². The minimum Gasteiger partial charge on any atom is -0.337 e. The highest BCUT2D eigenvalue weighted by Crippen LogP contribution is 2.48. The largest absolute Gasteiger partial charge is 0.349 e. The molecule has 2 aromatic carbocycles. The summed E-state index contributed by atoms with van der Waals surface area (Å²) in [4.78, 5) is 1.85. The minimum atomic E-state index is -3.30. The molecule has 0 aliphatic carbocycles. The van der Waals surface area contributed by atoms with Crippen molar-refractivity contribution in [3.63, 3.8) is 0 Å². The molecule has 164 valence electrons. The van der Waals surface area contributed by atoms with Crippen molar-refractivity contribution in [2.75, 3.05) is 31.4 Å². The summed E-state index contributed by atoms with van der Waals surface area (Å²) in [5, 5.41) is 4.42. The molecule has 2 aromatic rings. The van der Waals surface area contributed by atoms with E-state index >= 15 is 0 Å². The van der Waals surface area contributed by atoms with Crippen molar-refractivity contribution >= 4 is 42.2 Å². The Morgan fingerprint density at radius 3 is 2.10 bits per heavy atom. The van der Waals surface area contributed by atoms with E-state index in [0.717, 1.165) is 17.7 Å². The highest BCUT2D eigenvalue weighted by molar-refractivity contribution is 7.80. The Labute approximate surface area is 190 Å². The molecule has 2 rings (SSSR count). The number of halogens is 1. The predicted octanol–water partition coefficient (Wildman–Crippen LogP) is 6.37. The van der Waals surface area contributed by atoms with Crippen LogP contribution in [0.1, 0.15) is 31.9 Å². The molecule has 0 amide bonds. The lowest BCUT2D eigenvalue weighted by Crippen LogP contribution is -2.37. The maximum Gasteiger partial charge on any atom is 0.349 e. The molecule has 0 aliphatic heterocycles. The lowest BCUT2D eigenvalue weighted by atomic mass is 10.1. The van der Waals surface area contributed by atoms with E-state index in [9.17, 15) is 4.57 Å². The second kappa shape index (κ2) is 12.4. The van der Waals surface area contributed by atoms with Crippen molar-refractivity contribution in [1.82, 2.24) is 4.90 Å². The fourth-order valence-electron chi connectivity index (χ4n) is 2.90. The Balaban J connectivity index is 2.15.